The molecule has 1 aliphatic heterocycles. The second-order valence-corrected chi connectivity index (χ2v) is 6.48. The van der Waals surface area contributed by atoms with E-state index >= 15 is 0 Å². The van der Waals surface area contributed by atoms with Gasteiger partial charge in [0, 0.05) is 18.6 Å². The van der Waals surface area contributed by atoms with Gasteiger partial charge in [-0.3, -0.25) is 0 Å². The van der Waals surface area contributed by atoms with Crippen molar-refractivity contribution in [3.05, 3.63) is 29.8 Å². The van der Waals surface area contributed by atoms with E-state index < -0.39 is 0 Å². The minimum absolute atomic E-state index is 0.511. The van der Waals surface area contributed by atoms with Crippen LogP contribution in [0.15, 0.2) is 24.3 Å². The van der Waals surface area contributed by atoms with E-state index in [9.17, 15) is 0 Å². The van der Waals surface area contributed by atoms with Crippen molar-refractivity contribution in [3.8, 4) is 5.75 Å². The SMILES string of the molecule is COc1ccccc1CC(C)N(C)CC1NCCCC1C. The highest BCUT2D eigenvalue weighted by molar-refractivity contribution is 5.33. The Morgan fingerprint density at radius 3 is 2.86 bits per heavy atom. The number of benzene rings is 1. The number of methoxy groups -OCH3 is 1. The van der Waals surface area contributed by atoms with Crippen molar-refractivity contribution in [2.45, 2.75) is 45.2 Å². The first-order valence-electron chi connectivity index (χ1n) is 8.17. The molecule has 3 atom stereocenters. The molecule has 0 radical (unpaired) electrons. The summed E-state index contributed by atoms with van der Waals surface area (Å²) in [6.45, 7) is 6.97. The Hall–Kier alpha value is -1.06. The van der Waals surface area contributed by atoms with E-state index in [-0.39, 0.29) is 0 Å². The first kappa shape index (κ1) is 16.3. The number of likely N-dealkylation sites (N-methyl/N-ethyl adjacent to an activating group) is 1. The average Bonchev–Trinajstić information content (AvgIpc) is 2.50. The van der Waals surface area contributed by atoms with Crippen LogP contribution in [0.1, 0.15) is 32.3 Å². The Balaban J connectivity index is 1.91. The Morgan fingerprint density at radius 2 is 2.14 bits per heavy atom. The molecule has 118 valence electrons. The van der Waals surface area contributed by atoms with E-state index in [0.717, 1.165) is 24.6 Å². The van der Waals surface area contributed by atoms with Crippen molar-refractivity contribution in [2.75, 3.05) is 27.2 Å². The first-order chi connectivity index (χ1) is 10.1. The van der Waals surface area contributed by atoms with E-state index in [4.69, 9.17) is 4.74 Å². The summed E-state index contributed by atoms with van der Waals surface area (Å²) in [5, 5.41) is 3.67. The van der Waals surface area contributed by atoms with Crippen LogP contribution in [0.25, 0.3) is 0 Å². The summed E-state index contributed by atoms with van der Waals surface area (Å²) < 4.78 is 5.46. The summed E-state index contributed by atoms with van der Waals surface area (Å²) in [6, 6.07) is 9.48. The first-order valence-corrected chi connectivity index (χ1v) is 8.17. The van der Waals surface area contributed by atoms with Crippen molar-refractivity contribution >= 4 is 0 Å². The minimum Gasteiger partial charge on any atom is -0.496 e. The lowest BCUT2D eigenvalue weighted by Crippen LogP contribution is -2.49. The molecule has 3 unspecified atom stereocenters. The van der Waals surface area contributed by atoms with E-state index in [0.29, 0.717) is 12.1 Å². The number of ether oxygens (including phenoxy) is 1. The number of piperidine rings is 1. The monoisotopic (exact) mass is 290 g/mol. The van der Waals surface area contributed by atoms with Crippen molar-refractivity contribution in [1.29, 1.82) is 0 Å². The van der Waals surface area contributed by atoms with Crippen LogP contribution in [0.5, 0.6) is 5.75 Å². The molecule has 1 saturated heterocycles. The Kier molecular flexibility index (Phi) is 6.07. The highest BCUT2D eigenvalue weighted by Crippen LogP contribution is 2.21. The minimum atomic E-state index is 0.511. The van der Waals surface area contributed by atoms with Gasteiger partial charge in [0.1, 0.15) is 5.75 Å². The molecule has 2 rings (SSSR count). The van der Waals surface area contributed by atoms with E-state index in [2.05, 4.69) is 43.2 Å². The number of nitrogens with zero attached hydrogens (tertiary/aromatic N) is 1. The molecule has 1 aliphatic rings. The number of hydrogen-bond donors (Lipinski definition) is 1. The summed E-state index contributed by atoms with van der Waals surface area (Å²) in [5.74, 6) is 1.78. The van der Waals surface area contributed by atoms with Gasteiger partial charge in [0.15, 0.2) is 0 Å². The molecule has 0 aromatic heterocycles. The Bertz CT molecular complexity index is 435. The topological polar surface area (TPSA) is 24.5 Å². The van der Waals surface area contributed by atoms with Crippen LogP contribution >= 0.6 is 0 Å². The molecular formula is C18H30N2O. The zero-order chi connectivity index (χ0) is 15.2. The second kappa shape index (κ2) is 7.81. The van der Waals surface area contributed by atoms with Gasteiger partial charge in [0.25, 0.3) is 0 Å². The largest absolute Gasteiger partial charge is 0.496 e. The lowest BCUT2D eigenvalue weighted by Gasteiger charge is -2.35. The highest BCUT2D eigenvalue weighted by Gasteiger charge is 2.23. The third-order valence-corrected chi connectivity index (χ3v) is 4.87. The van der Waals surface area contributed by atoms with Crippen molar-refractivity contribution < 1.29 is 4.74 Å². The highest BCUT2D eigenvalue weighted by atomic mass is 16.5. The average molecular weight is 290 g/mol. The fourth-order valence-electron chi connectivity index (χ4n) is 3.19. The van der Waals surface area contributed by atoms with Crippen LogP contribution in [0.4, 0.5) is 0 Å². The van der Waals surface area contributed by atoms with Gasteiger partial charge >= 0.3 is 0 Å². The Labute approximate surface area is 129 Å². The van der Waals surface area contributed by atoms with Crippen LogP contribution in [0, 0.1) is 5.92 Å². The van der Waals surface area contributed by atoms with Crippen molar-refractivity contribution in [1.82, 2.24) is 10.2 Å². The molecule has 0 aliphatic carbocycles. The van der Waals surface area contributed by atoms with E-state index in [1.807, 2.05) is 12.1 Å². The molecule has 1 heterocycles. The van der Waals surface area contributed by atoms with Crippen LogP contribution < -0.4 is 10.1 Å². The van der Waals surface area contributed by atoms with Gasteiger partial charge in [-0.15, -0.1) is 0 Å². The maximum Gasteiger partial charge on any atom is 0.122 e. The second-order valence-electron chi connectivity index (χ2n) is 6.48. The summed E-state index contributed by atoms with van der Waals surface area (Å²) >= 11 is 0. The molecule has 3 nitrogen and oxygen atoms in total. The van der Waals surface area contributed by atoms with Crippen LogP contribution in [0.3, 0.4) is 0 Å². The van der Waals surface area contributed by atoms with Gasteiger partial charge in [0.05, 0.1) is 7.11 Å². The van der Waals surface area contributed by atoms with Gasteiger partial charge in [-0.25, -0.2) is 0 Å². The number of nitrogens with one attached hydrogen (secondary N) is 1. The molecule has 0 spiro atoms. The lowest BCUT2D eigenvalue weighted by molar-refractivity contribution is 0.181. The molecular weight excluding hydrogens is 260 g/mol. The van der Waals surface area contributed by atoms with Gasteiger partial charge in [-0.1, -0.05) is 25.1 Å². The normalized spacial score (nSPS) is 24.0. The number of para-hydroxylation sites is 1. The summed E-state index contributed by atoms with van der Waals surface area (Å²) in [6.07, 6.45) is 3.70. The third-order valence-electron chi connectivity index (χ3n) is 4.87. The maximum atomic E-state index is 5.46. The van der Waals surface area contributed by atoms with Gasteiger partial charge < -0.3 is 15.0 Å². The summed E-state index contributed by atoms with van der Waals surface area (Å²) in [5.41, 5.74) is 1.30. The van der Waals surface area contributed by atoms with Gasteiger partial charge in [-0.2, -0.15) is 0 Å². The standard InChI is InChI=1S/C18H30N2O/c1-14-8-7-11-19-17(14)13-20(3)15(2)12-16-9-5-6-10-18(16)21-4/h5-6,9-10,14-15,17,19H,7-8,11-13H2,1-4H3. The molecule has 0 saturated carbocycles. The molecule has 1 fully saturated rings. The summed E-state index contributed by atoms with van der Waals surface area (Å²) in [7, 11) is 3.99. The fourth-order valence-corrected chi connectivity index (χ4v) is 3.19. The molecule has 0 amide bonds. The Morgan fingerprint density at radius 1 is 1.38 bits per heavy atom. The zero-order valence-electron chi connectivity index (χ0n) is 13.9. The molecule has 21 heavy (non-hydrogen) atoms. The third kappa shape index (κ3) is 4.45. The van der Waals surface area contributed by atoms with E-state index in [1.54, 1.807) is 7.11 Å². The molecule has 0 bridgehead atoms. The van der Waals surface area contributed by atoms with E-state index in [1.165, 1.54) is 24.9 Å². The van der Waals surface area contributed by atoms with Gasteiger partial charge in [-0.05, 0) is 57.3 Å². The fraction of sp³-hybridized carbons (Fsp3) is 0.667. The number of hydrogen-bond acceptors (Lipinski definition) is 3. The number of rotatable bonds is 6. The van der Waals surface area contributed by atoms with Crippen molar-refractivity contribution in [3.63, 3.8) is 0 Å². The molecule has 1 aromatic carbocycles. The van der Waals surface area contributed by atoms with Crippen molar-refractivity contribution in [2.24, 2.45) is 5.92 Å². The molecule has 3 heteroatoms. The predicted octanol–water partition coefficient (Wildman–Crippen LogP) is 2.95. The zero-order valence-corrected chi connectivity index (χ0v) is 13.9. The maximum absolute atomic E-state index is 5.46. The van der Waals surface area contributed by atoms with Crippen LogP contribution in [-0.4, -0.2) is 44.2 Å². The molecule has 1 aromatic rings. The van der Waals surface area contributed by atoms with Crippen LogP contribution in [0.2, 0.25) is 0 Å². The van der Waals surface area contributed by atoms with Gasteiger partial charge in [0.2, 0.25) is 0 Å². The quantitative estimate of drug-likeness (QED) is 0.872. The smallest absolute Gasteiger partial charge is 0.122 e. The van der Waals surface area contributed by atoms with Crippen LogP contribution in [-0.2, 0) is 6.42 Å². The summed E-state index contributed by atoms with van der Waals surface area (Å²) in [4.78, 5) is 2.48. The predicted molar refractivity (Wildman–Crippen MR) is 89.0 cm³/mol. The lowest BCUT2D eigenvalue weighted by atomic mass is 9.92. The molecule has 1 N–H and O–H groups in total.